The average Bonchev–Trinajstić information content (AvgIpc) is 2.66. The van der Waals surface area contributed by atoms with Crippen molar-refractivity contribution in [3.63, 3.8) is 0 Å². The number of thiophene rings is 1. The van der Waals surface area contributed by atoms with Gasteiger partial charge in [0, 0.05) is 16.7 Å². The van der Waals surface area contributed by atoms with Crippen LogP contribution in [0.1, 0.15) is 21.6 Å². The Morgan fingerprint density at radius 3 is 2.74 bits per heavy atom. The van der Waals surface area contributed by atoms with Crippen molar-refractivity contribution in [1.29, 1.82) is 5.26 Å². The van der Waals surface area contributed by atoms with Crippen molar-refractivity contribution in [1.82, 2.24) is 0 Å². The van der Waals surface area contributed by atoms with Gasteiger partial charge >= 0.3 is 0 Å². The first kappa shape index (κ1) is 13.1. The maximum atomic E-state index is 9.64. The third-order valence-electron chi connectivity index (χ3n) is 2.81. The van der Waals surface area contributed by atoms with E-state index >= 15 is 0 Å². The van der Waals surface area contributed by atoms with E-state index in [0.717, 1.165) is 10.4 Å². The Labute approximate surface area is 114 Å². The van der Waals surface area contributed by atoms with E-state index in [1.54, 1.807) is 0 Å². The van der Waals surface area contributed by atoms with E-state index in [1.807, 2.05) is 13.8 Å². The van der Waals surface area contributed by atoms with Crippen molar-refractivity contribution in [3.05, 3.63) is 39.8 Å². The minimum atomic E-state index is 0.0325. The Hall–Kier alpha value is -2.32. The molecule has 0 aliphatic carbocycles. The van der Waals surface area contributed by atoms with Crippen LogP contribution >= 0.6 is 11.3 Å². The van der Waals surface area contributed by atoms with Crippen molar-refractivity contribution >= 4 is 22.6 Å². The molecule has 0 aliphatic rings. The molecule has 2 aromatic rings. The lowest BCUT2D eigenvalue weighted by molar-refractivity contribution is 0.459. The summed E-state index contributed by atoms with van der Waals surface area (Å²) in [6, 6.07) is 6.34. The number of rotatable bonds is 2. The highest BCUT2D eigenvalue weighted by atomic mass is 32.1. The van der Waals surface area contributed by atoms with Crippen LogP contribution < -0.4 is 0 Å². The number of nitrogens with zero attached hydrogens (tertiary/aromatic N) is 2. The highest BCUT2D eigenvalue weighted by Gasteiger charge is 2.11. The van der Waals surface area contributed by atoms with Crippen LogP contribution in [0.3, 0.4) is 0 Å². The molecule has 5 heteroatoms. The van der Waals surface area contributed by atoms with E-state index in [1.165, 1.54) is 35.8 Å². The molecule has 0 unspecified atom stereocenters. The highest BCUT2D eigenvalue weighted by Crippen LogP contribution is 2.34. The predicted octanol–water partition coefficient (Wildman–Crippen LogP) is 3.40. The van der Waals surface area contributed by atoms with Crippen LogP contribution in [0.25, 0.3) is 0 Å². The molecule has 19 heavy (non-hydrogen) atoms. The molecule has 0 fully saturated rings. The predicted molar refractivity (Wildman–Crippen MR) is 75.5 cm³/mol. The second-order valence-corrected chi connectivity index (χ2v) is 5.28. The Balaban J connectivity index is 2.41. The van der Waals surface area contributed by atoms with Crippen LogP contribution in [0.4, 0.5) is 5.00 Å². The zero-order valence-corrected chi connectivity index (χ0v) is 11.3. The quantitative estimate of drug-likeness (QED) is 0.649. The Morgan fingerprint density at radius 2 is 2.05 bits per heavy atom. The van der Waals surface area contributed by atoms with E-state index in [0.29, 0.717) is 16.1 Å². The number of aryl methyl sites for hydroxylation is 1. The monoisotopic (exact) mass is 272 g/mol. The third kappa shape index (κ3) is 2.59. The third-order valence-corrected chi connectivity index (χ3v) is 3.93. The van der Waals surface area contributed by atoms with Crippen LogP contribution in [0.5, 0.6) is 11.5 Å². The van der Waals surface area contributed by atoms with Gasteiger partial charge in [-0.05, 0) is 37.6 Å². The summed E-state index contributed by atoms with van der Waals surface area (Å²) in [7, 11) is 0. The first-order valence-corrected chi connectivity index (χ1v) is 6.40. The van der Waals surface area contributed by atoms with Crippen molar-refractivity contribution in [3.8, 4) is 17.6 Å². The molecule has 0 spiro atoms. The van der Waals surface area contributed by atoms with E-state index in [2.05, 4.69) is 11.1 Å². The fourth-order valence-corrected chi connectivity index (χ4v) is 2.56. The standard InChI is InChI=1S/C14H12N2O2S/c1-8-9(2)19-14(12(8)6-15)16-7-10-5-11(17)3-4-13(10)18/h3-5,7,17-18H,1-2H3/b16-7+. The number of aliphatic imine (C=N–C) groups is 1. The zero-order chi connectivity index (χ0) is 14.0. The van der Waals surface area contributed by atoms with Gasteiger partial charge < -0.3 is 10.2 Å². The molecule has 0 saturated heterocycles. The van der Waals surface area contributed by atoms with Gasteiger partial charge in [0.05, 0.1) is 5.56 Å². The van der Waals surface area contributed by atoms with Crippen molar-refractivity contribution < 1.29 is 10.2 Å². The van der Waals surface area contributed by atoms with Gasteiger partial charge in [-0.3, -0.25) is 0 Å². The fraction of sp³-hybridized carbons (Fsp3) is 0.143. The maximum Gasteiger partial charge on any atom is 0.134 e. The zero-order valence-electron chi connectivity index (χ0n) is 10.5. The van der Waals surface area contributed by atoms with Crippen molar-refractivity contribution in [2.24, 2.45) is 4.99 Å². The van der Waals surface area contributed by atoms with E-state index in [9.17, 15) is 10.2 Å². The summed E-state index contributed by atoms with van der Waals surface area (Å²) in [6.45, 7) is 3.82. The van der Waals surface area contributed by atoms with Crippen LogP contribution in [0.2, 0.25) is 0 Å². The first-order valence-electron chi connectivity index (χ1n) is 5.59. The molecule has 0 saturated carbocycles. The van der Waals surface area contributed by atoms with Crippen LogP contribution in [-0.2, 0) is 0 Å². The smallest absolute Gasteiger partial charge is 0.134 e. The van der Waals surface area contributed by atoms with Crippen LogP contribution in [-0.4, -0.2) is 16.4 Å². The molecule has 1 aromatic carbocycles. The van der Waals surface area contributed by atoms with Crippen LogP contribution in [0.15, 0.2) is 23.2 Å². The molecule has 0 amide bonds. The minimum Gasteiger partial charge on any atom is -0.508 e. The van der Waals surface area contributed by atoms with Crippen molar-refractivity contribution in [2.45, 2.75) is 13.8 Å². The highest BCUT2D eigenvalue weighted by molar-refractivity contribution is 7.16. The number of nitriles is 1. The molecule has 4 nitrogen and oxygen atoms in total. The van der Waals surface area contributed by atoms with Gasteiger partial charge in [-0.15, -0.1) is 11.3 Å². The molecule has 2 N–H and O–H groups in total. The molecule has 96 valence electrons. The van der Waals surface area contributed by atoms with Gasteiger partial charge in [0.15, 0.2) is 0 Å². The first-order chi connectivity index (χ1) is 9.02. The van der Waals surface area contributed by atoms with Gasteiger partial charge in [0.25, 0.3) is 0 Å². The number of phenols is 2. The summed E-state index contributed by atoms with van der Waals surface area (Å²) >= 11 is 1.43. The second kappa shape index (κ2) is 5.12. The van der Waals surface area contributed by atoms with E-state index < -0.39 is 0 Å². The lowest BCUT2D eigenvalue weighted by Gasteiger charge is -1.98. The summed E-state index contributed by atoms with van der Waals surface area (Å²) in [5.74, 6) is 0.0864. The van der Waals surface area contributed by atoms with Gasteiger partial charge in [0.2, 0.25) is 0 Å². The molecule has 0 aliphatic heterocycles. The molecule has 0 bridgehead atoms. The van der Waals surface area contributed by atoms with E-state index in [4.69, 9.17) is 5.26 Å². The average molecular weight is 272 g/mol. The number of phenolic OH excluding ortho intramolecular Hbond substituents is 2. The molecule has 0 radical (unpaired) electrons. The molecule has 1 heterocycles. The maximum absolute atomic E-state index is 9.64. The Kier molecular flexibility index (Phi) is 3.54. The number of hydrogen-bond acceptors (Lipinski definition) is 5. The summed E-state index contributed by atoms with van der Waals surface area (Å²) in [5.41, 5.74) is 1.89. The largest absolute Gasteiger partial charge is 0.508 e. The SMILES string of the molecule is Cc1sc(/N=C/c2cc(O)ccc2O)c(C#N)c1C. The number of benzene rings is 1. The van der Waals surface area contributed by atoms with Gasteiger partial charge in [-0.1, -0.05) is 0 Å². The van der Waals surface area contributed by atoms with Gasteiger partial charge in [-0.25, -0.2) is 4.99 Å². The second-order valence-electron chi connectivity index (χ2n) is 4.08. The van der Waals surface area contributed by atoms with Gasteiger partial charge in [0.1, 0.15) is 22.6 Å². The molecule has 1 aromatic heterocycles. The Morgan fingerprint density at radius 1 is 1.32 bits per heavy atom. The number of hydrogen-bond donors (Lipinski definition) is 2. The molecular formula is C14H12N2O2S. The summed E-state index contributed by atoms with van der Waals surface area (Å²) in [5, 5.41) is 28.7. The topological polar surface area (TPSA) is 76.6 Å². The van der Waals surface area contributed by atoms with Crippen LogP contribution in [0, 0.1) is 25.2 Å². The molecular weight excluding hydrogens is 260 g/mol. The number of aromatic hydroxyl groups is 2. The normalized spacial score (nSPS) is 10.8. The fourth-order valence-electron chi connectivity index (χ4n) is 1.61. The van der Waals surface area contributed by atoms with Gasteiger partial charge in [-0.2, -0.15) is 5.26 Å². The van der Waals surface area contributed by atoms with Crippen molar-refractivity contribution in [2.75, 3.05) is 0 Å². The lowest BCUT2D eigenvalue weighted by atomic mass is 10.2. The Bertz CT molecular complexity index is 696. The molecule has 0 atom stereocenters. The summed E-state index contributed by atoms with van der Waals surface area (Å²) in [6.07, 6.45) is 1.45. The molecule has 2 rings (SSSR count). The summed E-state index contributed by atoms with van der Waals surface area (Å²) in [4.78, 5) is 5.28. The minimum absolute atomic E-state index is 0.0325. The van der Waals surface area contributed by atoms with E-state index in [-0.39, 0.29) is 11.5 Å². The lowest BCUT2D eigenvalue weighted by Crippen LogP contribution is -1.82. The summed E-state index contributed by atoms with van der Waals surface area (Å²) < 4.78 is 0.